The first kappa shape index (κ1) is 19.8. The zero-order valence-corrected chi connectivity index (χ0v) is 17.1. The number of Topliss-reactive ketones (excluding diaryl/α,β-unsaturated/α-hetero) is 1. The Morgan fingerprint density at radius 2 is 1.97 bits per heavy atom. The third kappa shape index (κ3) is 3.96. The Labute approximate surface area is 175 Å². The number of aromatic nitrogens is 3. The van der Waals surface area contributed by atoms with Crippen molar-refractivity contribution in [1.82, 2.24) is 14.5 Å². The molecule has 1 unspecified atom stereocenters. The number of methoxy groups -OCH3 is 1. The molecule has 7 nitrogen and oxygen atoms in total. The van der Waals surface area contributed by atoms with E-state index in [1.165, 1.54) is 6.07 Å². The summed E-state index contributed by atoms with van der Waals surface area (Å²) in [6, 6.07) is 12.4. The second-order valence-corrected chi connectivity index (χ2v) is 7.46. The molecule has 0 amide bonds. The lowest BCUT2D eigenvalue weighted by molar-refractivity contribution is 0.0906. The van der Waals surface area contributed by atoms with Crippen molar-refractivity contribution in [2.45, 2.75) is 12.8 Å². The van der Waals surface area contributed by atoms with Crippen LogP contribution in [0.1, 0.15) is 23.2 Å². The van der Waals surface area contributed by atoms with Gasteiger partial charge in [-0.2, -0.15) is 0 Å². The summed E-state index contributed by atoms with van der Waals surface area (Å²) in [5, 5.41) is 0. The van der Waals surface area contributed by atoms with Gasteiger partial charge in [0, 0.05) is 55.6 Å². The molecule has 0 spiro atoms. The minimum atomic E-state index is -0.160. The summed E-state index contributed by atoms with van der Waals surface area (Å²) in [5.74, 6) is 1.18. The van der Waals surface area contributed by atoms with E-state index < -0.39 is 0 Å². The molecule has 0 saturated carbocycles. The van der Waals surface area contributed by atoms with Crippen molar-refractivity contribution in [3.05, 3.63) is 70.8 Å². The molecule has 30 heavy (non-hydrogen) atoms. The largest absolute Gasteiger partial charge is 0.497 e. The summed E-state index contributed by atoms with van der Waals surface area (Å²) in [6.45, 7) is 1.28. The Hall–Kier alpha value is -3.48. The van der Waals surface area contributed by atoms with Gasteiger partial charge >= 0.3 is 0 Å². The van der Waals surface area contributed by atoms with Crippen LogP contribution in [0.25, 0.3) is 11.3 Å². The van der Waals surface area contributed by atoms with Gasteiger partial charge in [0.1, 0.15) is 5.75 Å². The number of hydrogen-bond donors (Lipinski definition) is 0. The molecule has 3 heterocycles. The SMILES string of the molecule is COc1cccc(C(=O)C2CCCN(c3nc(-c4ccncc4)cc(=O)n3C)C2)c1. The fourth-order valence-electron chi connectivity index (χ4n) is 3.87. The molecule has 0 radical (unpaired) electrons. The van der Waals surface area contributed by atoms with Crippen LogP contribution in [0.3, 0.4) is 0 Å². The van der Waals surface area contributed by atoms with Crippen molar-refractivity contribution in [3.63, 3.8) is 0 Å². The molecular weight excluding hydrogens is 380 g/mol. The van der Waals surface area contributed by atoms with Crippen LogP contribution in [-0.2, 0) is 7.05 Å². The molecule has 1 saturated heterocycles. The van der Waals surface area contributed by atoms with Gasteiger partial charge in [0.2, 0.25) is 5.95 Å². The molecule has 154 valence electrons. The monoisotopic (exact) mass is 404 g/mol. The molecule has 1 fully saturated rings. The molecule has 1 aliphatic heterocycles. The van der Waals surface area contributed by atoms with Crippen molar-refractivity contribution in [1.29, 1.82) is 0 Å². The summed E-state index contributed by atoms with van der Waals surface area (Å²) in [7, 11) is 3.31. The van der Waals surface area contributed by atoms with Gasteiger partial charge in [-0.3, -0.25) is 19.1 Å². The topological polar surface area (TPSA) is 77.3 Å². The molecule has 2 aromatic heterocycles. The van der Waals surface area contributed by atoms with Crippen LogP contribution in [0.5, 0.6) is 5.75 Å². The summed E-state index contributed by atoms with van der Waals surface area (Å²) >= 11 is 0. The first-order chi connectivity index (χ1) is 14.6. The summed E-state index contributed by atoms with van der Waals surface area (Å²) in [5.41, 5.74) is 1.96. The third-order valence-corrected chi connectivity index (χ3v) is 5.52. The van der Waals surface area contributed by atoms with Gasteiger partial charge < -0.3 is 9.64 Å². The van der Waals surface area contributed by atoms with Gasteiger partial charge in [0.15, 0.2) is 5.78 Å². The summed E-state index contributed by atoms with van der Waals surface area (Å²) in [6.07, 6.45) is 5.02. The third-order valence-electron chi connectivity index (χ3n) is 5.52. The predicted molar refractivity (Wildman–Crippen MR) is 115 cm³/mol. The molecular formula is C23H24N4O3. The Kier molecular flexibility index (Phi) is 5.61. The van der Waals surface area contributed by atoms with E-state index in [1.54, 1.807) is 37.2 Å². The quantitative estimate of drug-likeness (QED) is 0.609. The van der Waals surface area contributed by atoms with Gasteiger partial charge in [-0.25, -0.2) is 4.98 Å². The number of nitrogens with zero attached hydrogens (tertiary/aromatic N) is 4. The minimum absolute atomic E-state index is 0.0916. The maximum absolute atomic E-state index is 13.1. The van der Waals surface area contributed by atoms with Gasteiger partial charge in [-0.15, -0.1) is 0 Å². The number of ketones is 1. The number of rotatable bonds is 5. The minimum Gasteiger partial charge on any atom is -0.497 e. The molecule has 0 N–H and O–H groups in total. The maximum atomic E-state index is 13.1. The summed E-state index contributed by atoms with van der Waals surface area (Å²) < 4.78 is 6.80. The zero-order valence-electron chi connectivity index (χ0n) is 17.1. The molecule has 1 atom stereocenters. The fourth-order valence-corrected chi connectivity index (χ4v) is 3.87. The van der Waals surface area contributed by atoms with Gasteiger partial charge in [0.05, 0.1) is 12.8 Å². The van der Waals surface area contributed by atoms with Crippen LogP contribution in [0.15, 0.2) is 59.7 Å². The second-order valence-electron chi connectivity index (χ2n) is 7.46. The molecule has 3 aromatic rings. The van der Waals surface area contributed by atoms with Crippen LogP contribution in [0.2, 0.25) is 0 Å². The van der Waals surface area contributed by atoms with Gasteiger partial charge in [-0.1, -0.05) is 12.1 Å². The van der Waals surface area contributed by atoms with Crippen molar-refractivity contribution in [3.8, 4) is 17.0 Å². The van der Waals surface area contributed by atoms with E-state index in [0.717, 1.165) is 24.9 Å². The predicted octanol–water partition coefficient (Wildman–Crippen LogP) is 2.95. The molecule has 1 aromatic carbocycles. The smallest absolute Gasteiger partial charge is 0.255 e. The second kappa shape index (κ2) is 8.49. The van der Waals surface area contributed by atoms with Crippen LogP contribution in [-0.4, -0.2) is 40.5 Å². The number of carbonyl (C=O) groups excluding carboxylic acids is 1. The number of pyridine rings is 1. The fraction of sp³-hybridized carbons (Fsp3) is 0.304. The Morgan fingerprint density at radius 1 is 1.17 bits per heavy atom. The summed E-state index contributed by atoms with van der Waals surface area (Å²) in [4.78, 5) is 36.5. The lowest BCUT2D eigenvalue weighted by atomic mass is 9.90. The number of hydrogen-bond acceptors (Lipinski definition) is 6. The standard InChI is InChI=1S/C23H24N4O3/c1-26-21(28)14-20(16-8-10-24-11-9-16)25-23(26)27-12-4-6-18(15-27)22(29)17-5-3-7-19(13-17)30-2/h3,5,7-11,13-14,18H,4,6,12,15H2,1-2H3. The first-order valence-electron chi connectivity index (χ1n) is 9.98. The molecule has 0 aliphatic carbocycles. The first-order valence-corrected chi connectivity index (χ1v) is 9.98. The van der Waals surface area contributed by atoms with E-state index >= 15 is 0 Å². The van der Waals surface area contributed by atoms with Crippen LogP contribution in [0.4, 0.5) is 5.95 Å². The lowest BCUT2D eigenvalue weighted by Gasteiger charge is -2.33. The van der Waals surface area contributed by atoms with E-state index in [0.29, 0.717) is 29.5 Å². The number of piperidine rings is 1. The number of benzene rings is 1. The van der Waals surface area contributed by atoms with Gasteiger partial charge in [-0.05, 0) is 37.1 Å². The van der Waals surface area contributed by atoms with Gasteiger partial charge in [0.25, 0.3) is 5.56 Å². The van der Waals surface area contributed by atoms with Crippen molar-refractivity contribution in [2.24, 2.45) is 13.0 Å². The molecule has 0 bridgehead atoms. The highest BCUT2D eigenvalue weighted by Gasteiger charge is 2.29. The molecule has 4 rings (SSSR count). The van der Waals surface area contributed by atoms with Crippen LogP contribution < -0.4 is 15.2 Å². The average Bonchev–Trinajstić information content (AvgIpc) is 2.81. The van der Waals surface area contributed by atoms with Crippen LogP contribution in [0, 0.1) is 5.92 Å². The van der Waals surface area contributed by atoms with Crippen molar-refractivity contribution < 1.29 is 9.53 Å². The Morgan fingerprint density at radius 3 is 2.73 bits per heavy atom. The maximum Gasteiger partial charge on any atom is 0.255 e. The van der Waals surface area contributed by atoms with E-state index in [9.17, 15) is 9.59 Å². The van der Waals surface area contributed by atoms with Crippen LogP contribution >= 0.6 is 0 Å². The van der Waals surface area contributed by atoms with E-state index in [2.05, 4.69) is 4.98 Å². The number of anilines is 1. The molecule has 7 heteroatoms. The lowest BCUT2D eigenvalue weighted by Crippen LogP contribution is -2.41. The number of carbonyl (C=O) groups is 1. The highest BCUT2D eigenvalue weighted by Crippen LogP contribution is 2.26. The highest BCUT2D eigenvalue weighted by atomic mass is 16.5. The van der Waals surface area contributed by atoms with E-state index in [1.807, 2.05) is 35.2 Å². The zero-order chi connectivity index (χ0) is 21.1. The normalized spacial score (nSPS) is 16.3. The van der Waals surface area contributed by atoms with E-state index in [4.69, 9.17) is 9.72 Å². The van der Waals surface area contributed by atoms with Crippen molar-refractivity contribution >= 4 is 11.7 Å². The Balaban J connectivity index is 1.62. The molecule has 1 aliphatic rings. The van der Waals surface area contributed by atoms with E-state index in [-0.39, 0.29) is 17.3 Å². The number of ether oxygens (including phenoxy) is 1. The highest BCUT2D eigenvalue weighted by molar-refractivity contribution is 5.98. The average molecular weight is 404 g/mol. The Bertz CT molecular complexity index is 1110. The van der Waals surface area contributed by atoms with Crippen molar-refractivity contribution in [2.75, 3.05) is 25.1 Å².